The van der Waals surface area contributed by atoms with E-state index in [1.165, 1.54) is 12.1 Å². The van der Waals surface area contributed by atoms with E-state index in [0.717, 1.165) is 6.54 Å². The van der Waals surface area contributed by atoms with Crippen molar-refractivity contribution in [1.29, 1.82) is 0 Å². The molecule has 3 rings (SSSR count). The Balaban J connectivity index is 1.54. The second kappa shape index (κ2) is 6.22. The van der Waals surface area contributed by atoms with Crippen LogP contribution in [0.4, 0.5) is 4.39 Å². The van der Waals surface area contributed by atoms with Crippen LogP contribution >= 0.6 is 0 Å². The molecule has 0 aromatic heterocycles. The van der Waals surface area contributed by atoms with Crippen LogP contribution in [0.25, 0.3) is 0 Å². The Morgan fingerprint density at radius 3 is 2.91 bits per heavy atom. The average Bonchev–Trinajstić information content (AvgIpc) is 2.89. The number of rotatable bonds is 5. The van der Waals surface area contributed by atoms with E-state index in [0.29, 0.717) is 45.1 Å². The van der Waals surface area contributed by atoms with Crippen molar-refractivity contribution in [3.8, 4) is 5.75 Å². The molecule has 2 aliphatic heterocycles. The normalized spacial score (nSPS) is 28.3. The smallest absolute Gasteiger partial charge is 0.311 e. The zero-order chi connectivity index (χ0) is 15.6. The molecule has 0 saturated carbocycles. The highest BCUT2D eigenvalue weighted by Crippen LogP contribution is 2.42. The number of fused-ring (bicyclic) bond motifs is 1. The lowest BCUT2D eigenvalue weighted by atomic mass is 9.74. The van der Waals surface area contributed by atoms with Gasteiger partial charge in [0.1, 0.15) is 18.2 Å². The van der Waals surface area contributed by atoms with Crippen molar-refractivity contribution < 1.29 is 23.8 Å². The topological polar surface area (TPSA) is 59.0 Å². The lowest BCUT2D eigenvalue weighted by Gasteiger charge is -2.34. The van der Waals surface area contributed by atoms with Gasteiger partial charge in [-0.05, 0) is 30.7 Å². The highest BCUT2D eigenvalue weighted by atomic mass is 19.1. The van der Waals surface area contributed by atoms with E-state index < -0.39 is 11.4 Å². The van der Waals surface area contributed by atoms with Gasteiger partial charge in [0.05, 0.1) is 12.0 Å². The van der Waals surface area contributed by atoms with Crippen LogP contribution in [0.2, 0.25) is 0 Å². The molecule has 2 atom stereocenters. The van der Waals surface area contributed by atoms with Gasteiger partial charge in [-0.2, -0.15) is 0 Å². The molecule has 0 aliphatic carbocycles. The van der Waals surface area contributed by atoms with Crippen LogP contribution < -0.4 is 4.74 Å². The number of hydrogen-bond acceptors (Lipinski definition) is 4. The SMILES string of the molecule is O=C(O)[C@]12CCOC[C@H]1CN(CCOc1ccc(F)cc1)C2. The van der Waals surface area contributed by atoms with Crippen molar-refractivity contribution in [3.63, 3.8) is 0 Å². The first-order valence-corrected chi connectivity index (χ1v) is 7.52. The summed E-state index contributed by atoms with van der Waals surface area (Å²) < 4.78 is 23.8. The molecular weight excluding hydrogens is 289 g/mol. The molecule has 22 heavy (non-hydrogen) atoms. The van der Waals surface area contributed by atoms with Crippen LogP contribution in [0.1, 0.15) is 6.42 Å². The summed E-state index contributed by atoms with van der Waals surface area (Å²) in [5, 5.41) is 9.60. The fraction of sp³-hybridized carbons (Fsp3) is 0.562. The van der Waals surface area contributed by atoms with Crippen LogP contribution in [-0.2, 0) is 9.53 Å². The van der Waals surface area contributed by atoms with Gasteiger partial charge >= 0.3 is 5.97 Å². The first-order valence-electron chi connectivity index (χ1n) is 7.52. The summed E-state index contributed by atoms with van der Waals surface area (Å²) in [6.07, 6.45) is 0.572. The molecule has 1 aromatic rings. The van der Waals surface area contributed by atoms with E-state index in [1.54, 1.807) is 12.1 Å². The van der Waals surface area contributed by atoms with Crippen molar-refractivity contribution in [1.82, 2.24) is 4.90 Å². The number of carboxylic acids is 1. The molecule has 0 amide bonds. The molecule has 2 saturated heterocycles. The van der Waals surface area contributed by atoms with Gasteiger partial charge in [-0.25, -0.2) is 4.39 Å². The Morgan fingerprint density at radius 2 is 2.23 bits per heavy atom. The molecule has 0 spiro atoms. The number of ether oxygens (including phenoxy) is 2. The predicted octanol–water partition coefficient (Wildman–Crippen LogP) is 1.63. The molecule has 1 aromatic carbocycles. The van der Waals surface area contributed by atoms with Gasteiger partial charge in [0.2, 0.25) is 0 Å². The van der Waals surface area contributed by atoms with Gasteiger partial charge in [-0.3, -0.25) is 9.69 Å². The minimum Gasteiger partial charge on any atom is -0.492 e. The Bertz CT molecular complexity index is 535. The summed E-state index contributed by atoms with van der Waals surface area (Å²) in [4.78, 5) is 13.8. The lowest BCUT2D eigenvalue weighted by Crippen LogP contribution is -2.44. The molecule has 5 nitrogen and oxygen atoms in total. The van der Waals surface area contributed by atoms with Gasteiger partial charge < -0.3 is 14.6 Å². The Hall–Kier alpha value is -1.66. The van der Waals surface area contributed by atoms with E-state index in [4.69, 9.17) is 9.47 Å². The third-order valence-corrected chi connectivity index (χ3v) is 4.69. The summed E-state index contributed by atoms with van der Waals surface area (Å²) >= 11 is 0. The van der Waals surface area contributed by atoms with Gasteiger partial charge in [0.15, 0.2) is 0 Å². The number of nitrogens with zero attached hydrogens (tertiary/aromatic N) is 1. The number of carbonyl (C=O) groups is 1. The first kappa shape index (κ1) is 15.2. The maximum atomic E-state index is 12.8. The zero-order valence-electron chi connectivity index (χ0n) is 12.3. The maximum absolute atomic E-state index is 12.8. The van der Waals surface area contributed by atoms with Gasteiger partial charge in [0, 0.05) is 32.2 Å². The summed E-state index contributed by atoms with van der Waals surface area (Å²) in [5.74, 6) is -0.346. The third kappa shape index (κ3) is 2.94. The predicted molar refractivity (Wildman–Crippen MR) is 77.3 cm³/mol. The monoisotopic (exact) mass is 309 g/mol. The van der Waals surface area contributed by atoms with E-state index in [-0.39, 0.29) is 11.7 Å². The molecule has 120 valence electrons. The molecule has 0 bridgehead atoms. The van der Waals surface area contributed by atoms with E-state index in [9.17, 15) is 14.3 Å². The van der Waals surface area contributed by atoms with Crippen LogP contribution in [-0.4, -0.2) is 55.4 Å². The minimum atomic E-state index is -0.720. The van der Waals surface area contributed by atoms with Crippen LogP contribution in [0, 0.1) is 17.2 Å². The van der Waals surface area contributed by atoms with Crippen molar-refractivity contribution >= 4 is 5.97 Å². The van der Waals surface area contributed by atoms with Crippen molar-refractivity contribution in [2.24, 2.45) is 11.3 Å². The average molecular weight is 309 g/mol. The van der Waals surface area contributed by atoms with E-state index in [1.807, 2.05) is 0 Å². The second-order valence-electron chi connectivity index (χ2n) is 6.02. The van der Waals surface area contributed by atoms with E-state index >= 15 is 0 Å². The van der Waals surface area contributed by atoms with Gasteiger partial charge in [-0.15, -0.1) is 0 Å². The zero-order valence-corrected chi connectivity index (χ0v) is 12.3. The first-order chi connectivity index (χ1) is 10.6. The lowest BCUT2D eigenvalue weighted by molar-refractivity contribution is -0.157. The number of benzene rings is 1. The van der Waals surface area contributed by atoms with Crippen molar-refractivity contribution in [3.05, 3.63) is 30.1 Å². The van der Waals surface area contributed by atoms with Crippen molar-refractivity contribution in [2.45, 2.75) is 6.42 Å². The molecule has 6 heteroatoms. The largest absolute Gasteiger partial charge is 0.492 e. The highest BCUT2D eigenvalue weighted by Gasteiger charge is 2.53. The van der Waals surface area contributed by atoms with Crippen LogP contribution in [0.15, 0.2) is 24.3 Å². The van der Waals surface area contributed by atoms with Gasteiger partial charge in [0.25, 0.3) is 0 Å². The fourth-order valence-corrected chi connectivity index (χ4v) is 3.40. The Kier molecular flexibility index (Phi) is 4.31. The summed E-state index contributed by atoms with van der Waals surface area (Å²) in [6, 6.07) is 5.89. The van der Waals surface area contributed by atoms with Crippen LogP contribution in [0.3, 0.4) is 0 Å². The summed E-state index contributed by atoms with van der Waals surface area (Å²) in [7, 11) is 0. The van der Waals surface area contributed by atoms with Crippen molar-refractivity contribution in [2.75, 3.05) is 39.5 Å². The number of carboxylic acid groups (broad SMARTS) is 1. The quantitative estimate of drug-likeness (QED) is 0.896. The number of hydrogen-bond donors (Lipinski definition) is 1. The molecular formula is C16H20FNO4. The van der Waals surface area contributed by atoms with Gasteiger partial charge in [-0.1, -0.05) is 0 Å². The minimum absolute atomic E-state index is 0.0459. The molecule has 0 unspecified atom stereocenters. The molecule has 0 radical (unpaired) electrons. The second-order valence-corrected chi connectivity index (χ2v) is 6.02. The fourth-order valence-electron chi connectivity index (χ4n) is 3.40. The van der Waals surface area contributed by atoms with E-state index in [2.05, 4.69) is 4.90 Å². The molecule has 2 aliphatic rings. The number of aliphatic carboxylic acids is 1. The maximum Gasteiger partial charge on any atom is 0.311 e. The molecule has 1 N–H and O–H groups in total. The third-order valence-electron chi connectivity index (χ3n) is 4.69. The summed E-state index contributed by atoms with van der Waals surface area (Å²) in [5.41, 5.74) is -0.672. The number of halogens is 1. The Labute approximate surface area is 128 Å². The summed E-state index contributed by atoms with van der Waals surface area (Å²) in [6.45, 7) is 3.41. The highest BCUT2D eigenvalue weighted by molar-refractivity contribution is 5.76. The standard InChI is InChI=1S/C16H20FNO4/c17-13-1-3-14(4-2-13)22-8-6-18-9-12-10-21-7-5-16(12,11-18)15(19)20/h1-4,12H,5-11H2,(H,19,20)/t12-,16+/m1/s1. The Morgan fingerprint density at radius 1 is 1.45 bits per heavy atom. The molecule has 2 fully saturated rings. The van der Waals surface area contributed by atoms with Crippen LogP contribution in [0.5, 0.6) is 5.75 Å². The number of likely N-dealkylation sites (tertiary alicyclic amines) is 1. The molecule has 2 heterocycles.